The fourth-order valence-electron chi connectivity index (χ4n) is 4.57. The van der Waals surface area contributed by atoms with E-state index in [1.807, 2.05) is 29.6 Å². The highest BCUT2D eigenvalue weighted by molar-refractivity contribution is 7.17. The van der Waals surface area contributed by atoms with Crippen molar-refractivity contribution in [2.45, 2.75) is 25.0 Å². The monoisotopic (exact) mass is 534 g/mol. The lowest BCUT2D eigenvalue weighted by Crippen LogP contribution is -2.36. The molecule has 3 N–H and O–H groups in total. The minimum absolute atomic E-state index is 0.00608. The second kappa shape index (κ2) is 10.1. The summed E-state index contributed by atoms with van der Waals surface area (Å²) in [6, 6.07) is 13.0. The lowest BCUT2D eigenvalue weighted by molar-refractivity contribution is -0.0224. The summed E-state index contributed by atoms with van der Waals surface area (Å²) in [5, 5.41) is 16.7. The molecular weight excluding hydrogens is 512 g/mol. The number of hydrogen-bond acceptors (Lipinski definition) is 8. The van der Waals surface area contributed by atoms with Crippen LogP contribution in [0.1, 0.15) is 28.8 Å². The van der Waals surface area contributed by atoms with Gasteiger partial charge in [-0.3, -0.25) is 4.79 Å². The number of rotatable bonds is 7. The zero-order chi connectivity index (χ0) is 25.4. The summed E-state index contributed by atoms with van der Waals surface area (Å²) >= 11 is 8.19. The average Bonchev–Trinajstić information content (AvgIpc) is 3.57. The Balaban J connectivity index is 1.26. The number of nitrogens with zero attached hydrogens (tertiary/aromatic N) is 2. The predicted octanol–water partition coefficient (Wildman–Crippen LogP) is 5.80. The van der Waals surface area contributed by atoms with Crippen LogP contribution in [0.5, 0.6) is 11.5 Å². The summed E-state index contributed by atoms with van der Waals surface area (Å²) in [5.41, 5.74) is 1.32. The Morgan fingerprint density at radius 3 is 2.95 bits per heavy atom. The molecule has 1 saturated heterocycles. The third-order valence-corrected chi connectivity index (χ3v) is 7.74. The quantitative estimate of drug-likeness (QED) is 0.226. The topological polar surface area (TPSA) is 109 Å². The van der Waals surface area contributed by atoms with Crippen molar-refractivity contribution in [1.82, 2.24) is 15.0 Å². The van der Waals surface area contributed by atoms with E-state index < -0.39 is 0 Å². The molecule has 37 heavy (non-hydrogen) atoms. The molecule has 0 unspecified atom stereocenters. The number of ether oxygens (including phenoxy) is 2. The van der Waals surface area contributed by atoms with E-state index in [0.717, 1.165) is 28.7 Å². The van der Waals surface area contributed by atoms with Gasteiger partial charge in [-0.2, -0.15) is 0 Å². The molecule has 0 aliphatic carbocycles. The standard InChI is InChI=1S/C27H23ClN4O4S/c28-21-10-17(36-22-3-1-2-15-8-9-37-25(15)22)6-7-19(21)24(34)20-11-29-26-23(20)27(31-14-30-26)32-16-4-5-18(12-33)35-13-16/h1-3,6-11,14,16,18,33H,4-5,12-13H2,(H2,29,30,31,32)/t16-,18+/m1/s1. The highest BCUT2D eigenvalue weighted by Crippen LogP contribution is 2.36. The average molecular weight is 535 g/mol. The maximum Gasteiger partial charge on any atom is 0.196 e. The number of aromatic amines is 1. The minimum atomic E-state index is -0.249. The van der Waals surface area contributed by atoms with Gasteiger partial charge in [-0.25, -0.2) is 9.97 Å². The third-order valence-electron chi connectivity index (χ3n) is 6.48. The summed E-state index contributed by atoms with van der Waals surface area (Å²) in [5.74, 6) is 1.58. The maximum atomic E-state index is 13.6. The van der Waals surface area contributed by atoms with Crippen molar-refractivity contribution < 1.29 is 19.4 Å². The highest BCUT2D eigenvalue weighted by atomic mass is 35.5. The molecule has 2 aromatic carbocycles. The van der Waals surface area contributed by atoms with E-state index >= 15 is 0 Å². The number of halogens is 1. The number of thiophene rings is 1. The van der Waals surface area contributed by atoms with Gasteiger partial charge in [-0.05, 0) is 47.9 Å². The molecule has 1 aliphatic heterocycles. The second-order valence-electron chi connectivity index (χ2n) is 8.87. The van der Waals surface area contributed by atoms with Gasteiger partial charge in [-0.1, -0.05) is 23.7 Å². The Hall–Kier alpha value is -3.50. The molecule has 0 bridgehead atoms. The van der Waals surface area contributed by atoms with Crippen LogP contribution in [-0.2, 0) is 4.74 Å². The summed E-state index contributed by atoms with van der Waals surface area (Å²) < 4.78 is 12.8. The van der Waals surface area contributed by atoms with Crippen LogP contribution < -0.4 is 10.1 Å². The fourth-order valence-corrected chi connectivity index (χ4v) is 5.68. The van der Waals surface area contributed by atoms with Gasteiger partial charge >= 0.3 is 0 Å². The van der Waals surface area contributed by atoms with Crippen LogP contribution >= 0.6 is 22.9 Å². The lowest BCUT2D eigenvalue weighted by atomic mass is 10.0. The number of benzene rings is 2. The highest BCUT2D eigenvalue weighted by Gasteiger charge is 2.25. The number of aliphatic hydroxyl groups excluding tert-OH is 1. The van der Waals surface area contributed by atoms with E-state index in [-0.39, 0.29) is 29.6 Å². The smallest absolute Gasteiger partial charge is 0.196 e. The number of ketones is 1. The Kier molecular flexibility index (Phi) is 6.52. The predicted molar refractivity (Wildman–Crippen MR) is 144 cm³/mol. The normalized spacial score (nSPS) is 17.8. The second-order valence-corrected chi connectivity index (χ2v) is 10.2. The molecule has 188 valence electrons. The largest absolute Gasteiger partial charge is 0.456 e. The van der Waals surface area contributed by atoms with Crippen LogP contribution in [0.3, 0.4) is 0 Å². The number of aromatic nitrogens is 3. The maximum absolute atomic E-state index is 13.6. The zero-order valence-electron chi connectivity index (χ0n) is 19.6. The fraction of sp³-hybridized carbons (Fsp3) is 0.222. The van der Waals surface area contributed by atoms with E-state index in [1.165, 1.54) is 6.33 Å². The first kappa shape index (κ1) is 23.9. The molecule has 1 fully saturated rings. The molecular formula is C27H23ClN4O4S. The van der Waals surface area contributed by atoms with Crippen LogP contribution in [0.25, 0.3) is 21.1 Å². The molecule has 10 heteroatoms. The van der Waals surface area contributed by atoms with E-state index in [1.54, 1.807) is 35.7 Å². The van der Waals surface area contributed by atoms with Gasteiger partial charge < -0.3 is 24.9 Å². The Morgan fingerprint density at radius 2 is 2.14 bits per heavy atom. The Bertz CT molecular complexity index is 1590. The zero-order valence-corrected chi connectivity index (χ0v) is 21.2. The molecule has 5 aromatic rings. The van der Waals surface area contributed by atoms with E-state index in [4.69, 9.17) is 21.1 Å². The number of hydrogen-bond donors (Lipinski definition) is 3. The van der Waals surface area contributed by atoms with Crippen LogP contribution in [-0.4, -0.2) is 51.2 Å². The van der Waals surface area contributed by atoms with Crippen LogP contribution in [0.4, 0.5) is 5.82 Å². The number of carbonyl (C=O) groups is 1. The van der Waals surface area contributed by atoms with Gasteiger partial charge in [0.05, 0.1) is 46.0 Å². The molecule has 3 aromatic heterocycles. The minimum Gasteiger partial charge on any atom is -0.456 e. The van der Waals surface area contributed by atoms with Crippen molar-refractivity contribution in [3.05, 3.63) is 76.5 Å². The SMILES string of the molecule is O=C(c1ccc(Oc2cccc3ccsc23)cc1Cl)c1c[nH]c2ncnc(N[C@@H]3CC[C@@H](CO)OC3)c12. The molecule has 8 nitrogen and oxygen atoms in total. The van der Waals surface area contributed by atoms with Gasteiger partial charge in [0, 0.05) is 17.8 Å². The number of anilines is 1. The Labute approximate surface area is 221 Å². The summed E-state index contributed by atoms with van der Waals surface area (Å²) in [6.45, 7) is 0.451. The van der Waals surface area contributed by atoms with E-state index in [2.05, 4.69) is 20.3 Å². The molecule has 2 atom stereocenters. The summed E-state index contributed by atoms with van der Waals surface area (Å²) in [4.78, 5) is 25.4. The van der Waals surface area contributed by atoms with E-state index in [0.29, 0.717) is 40.3 Å². The first-order chi connectivity index (χ1) is 18.1. The third kappa shape index (κ3) is 4.67. The summed E-state index contributed by atoms with van der Waals surface area (Å²) in [7, 11) is 0. The van der Waals surface area contributed by atoms with Gasteiger partial charge in [0.2, 0.25) is 0 Å². The van der Waals surface area contributed by atoms with Crippen LogP contribution in [0, 0.1) is 0 Å². The van der Waals surface area contributed by atoms with Crippen molar-refractivity contribution in [2.24, 2.45) is 0 Å². The lowest BCUT2D eigenvalue weighted by Gasteiger charge is -2.29. The molecule has 0 amide bonds. The molecule has 6 rings (SSSR count). The van der Waals surface area contributed by atoms with Crippen molar-refractivity contribution >= 4 is 55.7 Å². The van der Waals surface area contributed by atoms with Gasteiger partial charge in [0.1, 0.15) is 29.3 Å². The van der Waals surface area contributed by atoms with Crippen molar-refractivity contribution in [3.63, 3.8) is 0 Å². The van der Waals surface area contributed by atoms with Crippen LogP contribution in [0.2, 0.25) is 5.02 Å². The first-order valence-corrected chi connectivity index (χ1v) is 13.2. The first-order valence-electron chi connectivity index (χ1n) is 11.9. The number of carbonyl (C=O) groups excluding carboxylic acids is 1. The molecule has 0 saturated carbocycles. The van der Waals surface area contributed by atoms with Crippen molar-refractivity contribution in [3.8, 4) is 11.5 Å². The van der Waals surface area contributed by atoms with Gasteiger partial charge in [-0.15, -0.1) is 11.3 Å². The summed E-state index contributed by atoms with van der Waals surface area (Å²) in [6.07, 6.45) is 4.50. The van der Waals surface area contributed by atoms with Crippen molar-refractivity contribution in [1.29, 1.82) is 0 Å². The number of nitrogens with one attached hydrogen (secondary N) is 2. The van der Waals surface area contributed by atoms with Gasteiger partial charge in [0.15, 0.2) is 5.78 Å². The molecule has 1 aliphatic rings. The van der Waals surface area contributed by atoms with Crippen LogP contribution in [0.15, 0.2) is 60.4 Å². The van der Waals surface area contributed by atoms with Crippen molar-refractivity contribution in [2.75, 3.05) is 18.5 Å². The molecule has 0 radical (unpaired) electrons. The van der Waals surface area contributed by atoms with E-state index in [9.17, 15) is 9.90 Å². The Morgan fingerprint density at radius 1 is 1.22 bits per heavy atom. The number of fused-ring (bicyclic) bond motifs is 2. The molecule has 4 heterocycles. The van der Waals surface area contributed by atoms with Gasteiger partial charge in [0.25, 0.3) is 0 Å². The number of H-pyrrole nitrogens is 1. The number of aliphatic hydroxyl groups is 1. The molecule has 0 spiro atoms.